The molecule has 1 N–H and O–H groups in total. The third-order valence-electron chi connectivity index (χ3n) is 1.97. The molecule has 18 heavy (non-hydrogen) atoms. The number of carbonyl (C=O) groups excluding carboxylic acids is 2. The monoisotopic (exact) mass is 271 g/mol. The van der Waals surface area contributed by atoms with Crippen LogP contribution in [0.15, 0.2) is 24.3 Å². The van der Waals surface area contributed by atoms with Crippen molar-refractivity contribution in [1.82, 2.24) is 4.72 Å². The van der Waals surface area contributed by atoms with Crippen LogP contribution in [-0.2, 0) is 14.8 Å². The van der Waals surface area contributed by atoms with E-state index >= 15 is 0 Å². The first-order chi connectivity index (χ1) is 8.28. The second-order valence-corrected chi connectivity index (χ2v) is 5.48. The molecule has 0 aromatic heterocycles. The fourth-order valence-corrected chi connectivity index (χ4v) is 1.50. The number of ether oxygens (including phenoxy) is 1. The molecule has 0 unspecified atom stereocenters. The van der Waals surface area contributed by atoms with E-state index in [1.54, 1.807) is 0 Å². The molecule has 0 fully saturated rings. The maximum Gasteiger partial charge on any atom is 0.326 e. The Labute approximate surface area is 105 Å². The van der Waals surface area contributed by atoms with Crippen LogP contribution in [0.1, 0.15) is 17.3 Å². The van der Waals surface area contributed by atoms with Crippen molar-refractivity contribution >= 4 is 21.8 Å². The van der Waals surface area contributed by atoms with Crippen molar-refractivity contribution in [2.24, 2.45) is 0 Å². The van der Waals surface area contributed by atoms with Crippen LogP contribution in [0.25, 0.3) is 0 Å². The topological polar surface area (TPSA) is 89.5 Å². The maximum absolute atomic E-state index is 11.3. The van der Waals surface area contributed by atoms with E-state index in [4.69, 9.17) is 4.74 Å². The first kappa shape index (κ1) is 14.3. The Hall–Kier alpha value is -1.73. The number of esters is 1. The Morgan fingerprint density at radius 2 is 1.78 bits per heavy atom. The zero-order chi connectivity index (χ0) is 13.8. The minimum Gasteiger partial charge on any atom is -0.426 e. The Morgan fingerprint density at radius 1 is 1.22 bits per heavy atom. The van der Waals surface area contributed by atoms with Crippen LogP contribution in [0.4, 0.5) is 0 Å². The lowest BCUT2D eigenvalue weighted by Crippen LogP contribution is -2.30. The number of nitrogens with one attached hydrogen (secondary N) is 1. The largest absolute Gasteiger partial charge is 0.426 e. The normalized spacial score (nSPS) is 11.0. The van der Waals surface area contributed by atoms with E-state index in [0.29, 0.717) is 5.56 Å². The van der Waals surface area contributed by atoms with Gasteiger partial charge in [0.2, 0.25) is 10.0 Å². The van der Waals surface area contributed by atoms with Gasteiger partial charge in [-0.3, -0.25) is 9.59 Å². The highest BCUT2D eigenvalue weighted by atomic mass is 32.2. The van der Waals surface area contributed by atoms with Crippen molar-refractivity contribution in [3.63, 3.8) is 0 Å². The maximum atomic E-state index is 11.3. The van der Waals surface area contributed by atoms with Crippen molar-refractivity contribution in [3.05, 3.63) is 29.8 Å². The van der Waals surface area contributed by atoms with Crippen LogP contribution in [-0.4, -0.2) is 33.0 Å². The van der Waals surface area contributed by atoms with Crippen LogP contribution in [0.3, 0.4) is 0 Å². The summed E-state index contributed by atoms with van der Waals surface area (Å²) in [4.78, 5) is 22.3. The number of carbonyl (C=O) groups is 2. The standard InChI is InChI=1S/C11H13NO5S/c1-8(13)9-3-5-10(6-4-9)17-11(14)7-12-18(2,15)16/h3-6,12H,7H2,1-2H3. The number of ketones is 1. The molecule has 0 saturated carbocycles. The van der Waals surface area contributed by atoms with Crippen molar-refractivity contribution in [2.45, 2.75) is 6.92 Å². The molecule has 0 aliphatic heterocycles. The van der Waals surface area contributed by atoms with Gasteiger partial charge in [0, 0.05) is 5.56 Å². The van der Waals surface area contributed by atoms with Gasteiger partial charge in [-0.2, -0.15) is 0 Å². The van der Waals surface area contributed by atoms with E-state index in [0.717, 1.165) is 6.26 Å². The molecular formula is C11H13NO5S. The first-order valence-corrected chi connectivity index (χ1v) is 6.93. The molecule has 0 radical (unpaired) electrons. The predicted octanol–water partition coefficient (Wildman–Crippen LogP) is 0.344. The summed E-state index contributed by atoms with van der Waals surface area (Å²) >= 11 is 0. The van der Waals surface area contributed by atoms with Gasteiger partial charge in [0.1, 0.15) is 12.3 Å². The molecule has 0 saturated heterocycles. The molecule has 7 heteroatoms. The van der Waals surface area contributed by atoms with Gasteiger partial charge in [0.05, 0.1) is 6.26 Å². The fraction of sp³-hybridized carbons (Fsp3) is 0.273. The zero-order valence-corrected chi connectivity index (χ0v) is 10.8. The number of Topliss-reactive ketones (excluding diaryl/α,β-unsaturated/α-hetero) is 1. The summed E-state index contributed by atoms with van der Waals surface area (Å²) in [5.41, 5.74) is 0.504. The quantitative estimate of drug-likeness (QED) is 0.474. The number of benzene rings is 1. The summed E-state index contributed by atoms with van der Waals surface area (Å²) in [5, 5.41) is 0. The summed E-state index contributed by atoms with van der Waals surface area (Å²) in [6.45, 7) is 0.990. The molecule has 0 aliphatic carbocycles. The predicted molar refractivity (Wildman–Crippen MR) is 64.9 cm³/mol. The van der Waals surface area contributed by atoms with Gasteiger partial charge < -0.3 is 4.74 Å². The van der Waals surface area contributed by atoms with Gasteiger partial charge in [0.25, 0.3) is 0 Å². The highest BCUT2D eigenvalue weighted by Gasteiger charge is 2.09. The number of hydrogen-bond donors (Lipinski definition) is 1. The smallest absolute Gasteiger partial charge is 0.326 e. The lowest BCUT2D eigenvalue weighted by molar-refractivity contribution is -0.133. The van der Waals surface area contributed by atoms with Gasteiger partial charge in [-0.1, -0.05) is 0 Å². The van der Waals surface area contributed by atoms with Crippen molar-refractivity contribution in [2.75, 3.05) is 12.8 Å². The van der Waals surface area contributed by atoms with E-state index in [9.17, 15) is 18.0 Å². The van der Waals surface area contributed by atoms with Crippen molar-refractivity contribution in [3.8, 4) is 5.75 Å². The van der Waals surface area contributed by atoms with Crippen LogP contribution in [0.5, 0.6) is 5.75 Å². The lowest BCUT2D eigenvalue weighted by atomic mass is 10.1. The van der Waals surface area contributed by atoms with Gasteiger partial charge in [0.15, 0.2) is 5.78 Å². The molecule has 6 nitrogen and oxygen atoms in total. The second-order valence-electron chi connectivity index (χ2n) is 3.65. The highest BCUT2D eigenvalue weighted by molar-refractivity contribution is 7.88. The Balaban J connectivity index is 2.57. The van der Waals surface area contributed by atoms with Crippen LogP contribution >= 0.6 is 0 Å². The first-order valence-electron chi connectivity index (χ1n) is 5.04. The molecule has 98 valence electrons. The summed E-state index contributed by atoms with van der Waals surface area (Å²) in [7, 11) is -3.42. The molecule has 0 bridgehead atoms. The Bertz CT molecular complexity index is 547. The fourth-order valence-electron chi connectivity index (χ4n) is 1.12. The molecular weight excluding hydrogens is 258 g/mol. The number of sulfonamides is 1. The molecule has 1 rings (SSSR count). The summed E-state index contributed by atoms with van der Waals surface area (Å²) < 4.78 is 28.4. The molecule has 1 aromatic rings. The van der Waals surface area contributed by atoms with E-state index in [2.05, 4.69) is 0 Å². The molecule has 0 spiro atoms. The van der Waals surface area contributed by atoms with Crippen LogP contribution in [0.2, 0.25) is 0 Å². The third kappa shape index (κ3) is 5.07. The molecule has 0 aliphatic rings. The lowest BCUT2D eigenvalue weighted by Gasteiger charge is -2.05. The molecule has 0 amide bonds. The average Bonchev–Trinajstić information content (AvgIpc) is 2.26. The Kier molecular flexibility index (Phi) is 4.57. The van der Waals surface area contributed by atoms with Crippen molar-refractivity contribution < 1.29 is 22.7 Å². The number of rotatable bonds is 5. The second kappa shape index (κ2) is 5.74. The average molecular weight is 271 g/mol. The summed E-state index contributed by atoms with van der Waals surface area (Å²) in [6.07, 6.45) is 0.946. The Morgan fingerprint density at radius 3 is 2.22 bits per heavy atom. The minimum absolute atomic E-state index is 0.0911. The summed E-state index contributed by atoms with van der Waals surface area (Å²) in [5.74, 6) is -0.567. The molecule has 0 atom stereocenters. The van der Waals surface area contributed by atoms with E-state index in [-0.39, 0.29) is 11.5 Å². The van der Waals surface area contributed by atoms with E-state index in [1.165, 1.54) is 31.2 Å². The highest BCUT2D eigenvalue weighted by Crippen LogP contribution is 2.12. The van der Waals surface area contributed by atoms with Gasteiger partial charge in [-0.25, -0.2) is 13.1 Å². The zero-order valence-electron chi connectivity index (χ0n) is 9.97. The van der Waals surface area contributed by atoms with Gasteiger partial charge in [-0.15, -0.1) is 0 Å². The van der Waals surface area contributed by atoms with Crippen LogP contribution < -0.4 is 9.46 Å². The van der Waals surface area contributed by atoms with E-state index in [1.807, 2.05) is 4.72 Å². The van der Waals surface area contributed by atoms with Crippen molar-refractivity contribution in [1.29, 1.82) is 0 Å². The SMILES string of the molecule is CC(=O)c1ccc(OC(=O)CNS(C)(=O)=O)cc1. The van der Waals surface area contributed by atoms with Gasteiger partial charge >= 0.3 is 5.97 Å². The van der Waals surface area contributed by atoms with Crippen LogP contribution in [0, 0.1) is 0 Å². The molecule has 1 aromatic carbocycles. The van der Waals surface area contributed by atoms with E-state index < -0.39 is 22.5 Å². The van der Waals surface area contributed by atoms with Gasteiger partial charge in [-0.05, 0) is 31.2 Å². The molecule has 0 heterocycles. The minimum atomic E-state index is -3.42. The number of hydrogen-bond acceptors (Lipinski definition) is 5. The third-order valence-corrected chi connectivity index (χ3v) is 2.64. The summed E-state index contributed by atoms with van der Waals surface area (Å²) in [6, 6.07) is 5.98.